The Labute approximate surface area is 147 Å². The van der Waals surface area contributed by atoms with Gasteiger partial charge in [-0.15, -0.1) is 0 Å². The van der Waals surface area contributed by atoms with Crippen LogP contribution in [0.5, 0.6) is 0 Å². The Balaban J connectivity index is 1.58. The Morgan fingerprint density at radius 2 is 2.00 bits per heavy atom. The minimum absolute atomic E-state index is 0.0612. The van der Waals surface area contributed by atoms with Crippen LogP contribution in [0.4, 0.5) is 23.7 Å². The highest BCUT2D eigenvalue weighted by atomic mass is 19.4. The molecule has 138 valence electrons. The molecular formula is C17H17F3N4O2. The van der Waals surface area contributed by atoms with Crippen molar-refractivity contribution in [3.05, 3.63) is 57.5 Å². The molecule has 9 heteroatoms. The fraction of sp³-hybridized carbons (Fsp3) is 0.353. The van der Waals surface area contributed by atoms with Crippen molar-refractivity contribution in [1.29, 1.82) is 0 Å². The SMILES string of the molecule is O=C(NCCn1nc2c(cc1=O)CCC2)Nc1ccccc1C(F)(F)F. The maximum Gasteiger partial charge on any atom is 0.418 e. The zero-order valence-corrected chi connectivity index (χ0v) is 13.8. The Bertz CT molecular complexity index is 877. The maximum atomic E-state index is 12.9. The Kier molecular flexibility index (Phi) is 4.97. The summed E-state index contributed by atoms with van der Waals surface area (Å²) in [6.07, 6.45) is -1.94. The number of hydrogen-bond donors (Lipinski definition) is 2. The maximum absolute atomic E-state index is 12.9. The van der Waals surface area contributed by atoms with E-state index in [0.29, 0.717) is 0 Å². The van der Waals surface area contributed by atoms with Gasteiger partial charge in [0, 0.05) is 12.6 Å². The number of rotatable bonds is 4. The second-order valence-corrected chi connectivity index (χ2v) is 5.96. The third kappa shape index (κ3) is 4.04. The molecule has 1 aromatic carbocycles. The second kappa shape index (κ2) is 7.19. The average molecular weight is 366 g/mol. The third-order valence-electron chi connectivity index (χ3n) is 4.11. The number of anilines is 1. The standard InChI is InChI=1S/C17H17F3N4O2/c18-17(19,20)12-5-1-2-6-14(12)22-16(26)21-8-9-24-15(25)10-11-4-3-7-13(11)23-24/h1-2,5-6,10H,3-4,7-9H2,(H2,21,22,26). The number of urea groups is 1. The van der Waals surface area contributed by atoms with Crippen LogP contribution in [0.2, 0.25) is 0 Å². The molecule has 1 aliphatic carbocycles. The lowest BCUT2D eigenvalue weighted by Crippen LogP contribution is -2.35. The predicted octanol–water partition coefficient (Wildman–Crippen LogP) is 2.57. The first-order valence-electron chi connectivity index (χ1n) is 8.15. The molecule has 0 bridgehead atoms. The largest absolute Gasteiger partial charge is 0.418 e. The van der Waals surface area contributed by atoms with Gasteiger partial charge in [0.05, 0.1) is 23.5 Å². The van der Waals surface area contributed by atoms with Gasteiger partial charge in [0.1, 0.15) is 0 Å². The average Bonchev–Trinajstić information content (AvgIpc) is 3.01. The number of benzene rings is 1. The molecule has 0 saturated heterocycles. The molecule has 0 aliphatic heterocycles. The van der Waals surface area contributed by atoms with Crippen LogP contribution in [0.1, 0.15) is 23.2 Å². The zero-order valence-electron chi connectivity index (χ0n) is 13.8. The van der Waals surface area contributed by atoms with Crippen LogP contribution in [-0.4, -0.2) is 22.4 Å². The number of para-hydroxylation sites is 1. The molecule has 0 atom stereocenters. The van der Waals surface area contributed by atoms with Crippen LogP contribution in [0.25, 0.3) is 0 Å². The number of fused-ring (bicyclic) bond motifs is 1. The Morgan fingerprint density at radius 1 is 1.23 bits per heavy atom. The van der Waals surface area contributed by atoms with Crippen molar-refractivity contribution in [3.63, 3.8) is 0 Å². The first kappa shape index (κ1) is 18.0. The predicted molar refractivity (Wildman–Crippen MR) is 89.0 cm³/mol. The van der Waals surface area contributed by atoms with Gasteiger partial charge in [-0.2, -0.15) is 18.3 Å². The molecule has 0 saturated carbocycles. The number of aromatic nitrogens is 2. The fourth-order valence-electron chi connectivity index (χ4n) is 2.88. The monoisotopic (exact) mass is 366 g/mol. The van der Waals surface area contributed by atoms with Crippen LogP contribution in [0.3, 0.4) is 0 Å². The first-order valence-corrected chi connectivity index (χ1v) is 8.15. The first-order chi connectivity index (χ1) is 12.3. The summed E-state index contributed by atoms with van der Waals surface area (Å²) in [5, 5.41) is 8.88. The van der Waals surface area contributed by atoms with Crippen molar-refractivity contribution in [2.75, 3.05) is 11.9 Å². The molecule has 0 spiro atoms. The van der Waals surface area contributed by atoms with Crippen molar-refractivity contribution in [3.8, 4) is 0 Å². The van der Waals surface area contributed by atoms with Gasteiger partial charge in [0.25, 0.3) is 5.56 Å². The normalized spacial score (nSPS) is 13.3. The highest BCUT2D eigenvalue weighted by Gasteiger charge is 2.33. The van der Waals surface area contributed by atoms with E-state index in [9.17, 15) is 22.8 Å². The number of nitrogens with zero attached hydrogens (tertiary/aromatic N) is 2. The topological polar surface area (TPSA) is 76.0 Å². The number of hydrogen-bond acceptors (Lipinski definition) is 3. The number of amides is 2. The molecule has 26 heavy (non-hydrogen) atoms. The summed E-state index contributed by atoms with van der Waals surface area (Å²) in [7, 11) is 0. The van der Waals surface area contributed by atoms with Crippen LogP contribution in [0.15, 0.2) is 35.1 Å². The smallest absolute Gasteiger partial charge is 0.336 e. The third-order valence-corrected chi connectivity index (χ3v) is 4.11. The molecule has 0 fully saturated rings. The second-order valence-electron chi connectivity index (χ2n) is 5.96. The van der Waals surface area contributed by atoms with Gasteiger partial charge in [0.15, 0.2) is 0 Å². The number of aryl methyl sites for hydroxylation is 2. The molecule has 1 aromatic heterocycles. The zero-order chi connectivity index (χ0) is 18.7. The van der Waals surface area contributed by atoms with E-state index in [0.717, 1.165) is 36.6 Å². The van der Waals surface area contributed by atoms with Crippen molar-refractivity contribution >= 4 is 11.7 Å². The van der Waals surface area contributed by atoms with Gasteiger partial charge in [0.2, 0.25) is 0 Å². The molecule has 3 rings (SSSR count). The molecule has 1 aliphatic rings. The van der Waals surface area contributed by atoms with Crippen LogP contribution < -0.4 is 16.2 Å². The molecular weight excluding hydrogens is 349 g/mol. The van der Waals surface area contributed by atoms with E-state index in [1.54, 1.807) is 6.07 Å². The van der Waals surface area contributed by atoms with Gasteiger partial charge in [-0.1, -0.05) is 12.1 Å². The van der Waals surface area contributed by atoms with E-state index in [2.05, 4.69) is 15.7 Å². The number of nitrogens with one attached hydrogen (secondary N) is 2. The van der Waals surface area contributed by atoms with Gasteiger partial charge >= 0.3 is 12.2 Å². The van der Waals surface area contributed by atoms with E-state index in [-0.39, 0.29) is 24.3 Å². The van der Waals surface area contributed by atoms with Crippen LogP contribution in [0, 0.1) is 0 Å². The minimum Gasteiger partial charge on any atom is -0.336 e. The van der Waals surface area contributed by atoms with E-state index < -0.39 is 17.8 Å². The molecule has 2 aromatic rings. The van der Waals surface area contributed by atoms with Gasteiger partial charge < -0.3 is 10.6 Å². The van der Waals surface area contributed by atoms with Gasteiger partial charge in [-0.25, -0.2) is 9.48 Å². The van der Waals surface area contributed by atoms with Crippen molar-refractivity contribution in [1.82, 2.24) is 15.1 Å². The van der Waals surface area contributed by atoms with E-state index >= 15 is 0 Å². The lowest BCUT2D eigenvalue weighted by atomic mass is 10.1. The Hall–Kier alpha value is -2.84. The lowest BCUT2D eigenvalue weighted by molar-refractivity contribution is -0.136. The Morgan fingerprint density at radius 3 is 2.77 bits per heavy atom. The van der Waals surface area contributed by atoms with Crippen molar-refractivity contribution in [2.24, 2.45) is 0 Å². The summed E-state index contributed by atoms with van der Waals surface area (Å²) < 4.78 is 40.0. The van der Waals surface area contributed by atoms with Crippen LogP contribution in [-0.2, 0) is 25.6 Å². The number of alkyl halides is 3. The molecule has 0 radical (unpaired) electrons. The quantitative estimate of drug-likeness (QED) is 0.873. The summed E-state index contributed by atoms with van der Waals surface area (Å²) >= 11 is 0. The van der Waals surface area contributed by atoms with E-state index in [4.69, 9.17) is 0 Å². The highest BCUT2D eigenvalue weighted by Crippen LogP contribution is 2.34. The highest BCUT2D eigenvalue weighted by molar-refractivity contribution is 5.90. The summed E-state index contributed by atoms with van der Waals surface area (Å²) in [4.78, 5) is 23.8. The summed E-state index contributed by atoms with van der Waals surface area (Å²) in [5.41, 5.74) is 0.334. The summed E-state index contributed by atoms with van der Waals surface area (Å²) in [5.74, 6) is 0. The van der Waals surface area contributed by atoms with Gasteiger partial charge in [-0.3, -0.25) is 4.79 Å². The minimum atomic E-state index is -4.56. The molecule has 1 heterocycles. The number of carbonyl (C=O) groups is 1. The number of carbonyl (C=O) groups excluding carboxylic acids is 1. The fourth-order valence-corrected chi connectivity index (χ4v) is 2.88. The van der Waals surface area contributed by atoms with Crippen molar-refractivity contribution in [2.45, 2.75) is 32.0 Å². The molecule has 2 amide bonds. The van der Waals surface area contributed by atoms with Crippen LogP contribution >= 0.6 is 0 Å². The molecule has 2 N–H and O–H groups in total. The number of halogens is 3. The van der Waals surface area contributed by atoms with Gasteiger partial charge in [-0.05, 0) is 37.0 Å². The van der Waals surface area contributed by atoms with Crippen molar-refractivity contribution < 1.29 is 18.0 Å². The van der Waals surface area contributed by atoms with E-state index in [1.165, 1.54) is 22.9 Å². The molecule has 0 unspecified atom stereocenters. The summed E-state index contributed by atoms with van der Waals surface area (Å²) in [6, 6.07) is 5.49. The lowest BCUT2D eigenvalue weighted by Gasteiger charge is -2.14. The summed E-state index contributed by atoms with van der Waals surface area (Å²) in [6.45, 7) is 0.201. The van der Waals surface area contributed by atoms with E-state index in [1.807, 2.05) is 0 Å². The molecule has 6 nitrogen and oxygen atoms in total.